The van der Waals surface area contributed by atoms with Crippen LogP contribution in [0.5, 0.6) is 11.5 Å². The highest BCUT2D eigenvalue weighted by molar-refractivity contribution is 5.79. The third-order valence-electron chi connectivity index (χ3n) is 3.32. The Kier molecular flexibility index (Phi) is 3.84. The van der Waals surface area contributed by atoms with E-state index >= 15 is 0 Å². The molecule has 0 aliphatic carbocycles. The molecule has 1 atom stereocenters. The van der Waals surface area contributed by atoms with E-state index in [9.17, 15) is 0 Å². The fourth-order valence-electron chi connectivity index (χ4n) is 2.36. The average Bonchev–Trinajstić information content (AvgIpc) is 2.49. The molecule has 106 valence electrons. The Hall–Kier alpha value is -2.39. The number of fused-ring (bicyclic) bond motifs is 1. The Labute approximate surface area is 124 Å². The highest BCUT2D eigenvalue weighted by Gasteiger charge is 2.07. The minimum atomic E-state index is 0.105. The Morgan fingerprint density at radius 3 is 2.81 bits per heavy atom. The van der Waals surface area contributed by atoms with Crippen molar-refractivity contribution < 1.29 is 4.74 Å². The van der Waals surface area contributed by atoms with Gasteiger partial charge in [-0.3, -0.25) is 4.98 Å². The van der Waals surface area contributed by atoms with Gasteiger partial charge < -0.3 is 10.5 Å². The molecular weight excluding hydrogens is 260 g/mol. The smallest absolute Gasteiger partial charge is 0.130 e. The van der Waals surface area contributed by atoms with E-state index in [4.69, 9.17) is 10.5 Å². The molecule has 0 aliphatic heterocycles. The van der Waals surface area contributed by atoms with Crippen molar-refractivity contribution in [1.82, 2.24) is 4.98 Å². The average molecular weight is 278 g/mol. The van der Waals surface area contributed by atoms with Crippen LogP contribution < -0.4 is 10.5 Å². The van der Waals surface area contributed by atoms with Gasteiger partial charge in [0.15, 0.2) is 0 Å². The standard InChI is InChI=1S/C18H18N2O/c1-13(19)11-15-5-2-3-7-18(15)21-16-9-8-14-6-4-10-20-17(14)12-16/h2-10,12-13H,11,19H2,1H3. The molecule has 3 heteroatoms. The van der Waals surface area contributed by atoms with E-state index in [-0.39, 0.29) is 6.04 Å². The molecule has 0 bridgehead atoms. The van der Waals surface area contributed by atoms with E-state index in [0.29, 0.717) is 0 Å². The van der Waals surface area contributed by atoms with Crippen LogP contribution in [0.2, 0.25) is 0 Å². The van der Waals surface area contributed by atoms with Crippen LogP contribution in [-0.4, -0.2) is 11.0 Å². The lowest BCUT2D eigenvalue weighted by atomic mass is 10.1. The van der Waals surface area contributed by atoms with Crippen molar-refractivity contribution >= 4 is 10.9 Å². The fraction of sp³-hybridized carbons (Fsp3) is 0.167. The first-order chi connectivity index (χ1) is 10.2. The predicted octanol–water partition coefficient (Wildman–Crippen LogP) is 3.92. The highest BCUT2D eigenvalue weighted by Crippen LogP contribution is 2.28. The molecule has 0 saturated carbocycles. The Morgan fingerprint density at radius 2 is 1.95 bits per heavy atom. The quantitative estimate of drug-likeness (QED) is 0.787. The maximum atomic E-state index is 6.02. The van der Waals surface area contributed by atoms with E-state index in [1.54, 1.807) is 6.20 Å². The molecule has 1 aromatic heterocycles. The molecule has 3 nitrogen and oxygen atoms in total. The zero-order valence-electron chi connectivity index (χ0n) is 12.0. The molecule has 2 aromatic carbocycles. The van der Waals surface area contributed by atoms with Crippen molar-refractivity contribution in [2.45, 2.75) is 19.4 Å². The highest BCUT2D eigenvalue weighted by atomic mass is 16.5. The number of para-hydroxylation sites is 1. The second-order valence-corrected chi connectivity index (χ2v) is 5.25. The summed E-state index contributed by atoms with van der Waals surface area (Å²) in [6.07, 6.45) is 2.58. The summed E-state index contributed by atoms with van der Waals surface area (Å²) in [6, 6.07) is 18.0. The molecular formula is C18H18N2O. The minimum absolute atomic E-state index is 0.105. The van der Waals surface area contributed by atoms with E-state index in [2.05, 4.69) is 11.1 Å². The van der Waals surface area contributed by atoms with Gasteiger partial charge in [-0.25, -0.2) is 0 Å². The van der Waals surface area contributed by atoms with Crippen LogP contribution in [-0.2, 0) is 6.42 Å². The van der Waals surface area contributed by atoms with E-state index in [1.807, 2.05) is 55.5 Å². The van der Waals surface area contributed by atoms with Gasteiger partial charge in [0.05, 0.1) is 5.52 Å². The molecule has 1 unspecified atom stereocenters. The molecule has 0 fully saturated rings. The molecule has 0 amide bonds. The van der Waals surface area contributed by atoms with Crippen LogP contribution in [0, 0.1) is 0 Å². The molecule has 0 spiro atoms. The number of hydrogen-bond donors (Lipinski definition) is 1. The van der Waals surface area contributed by atoms with Gasteiger partial charge in [0.1, 0.15) is 11.5 Å². The number of hydrogen-bond acceptors (Lipinski definition) is 3. The summed E-state index contributed by atoms with van der Waals surface area (Å²) in [5.74, 6) is 1.64. The van der Waals surface area contributed by atoms with Crippen LogP contribution in [0.25, 0.3) is 10.9 Å². The van der Waals surface area contributed by atoms with Crippen LogP contribution in [0.1, 0.15) is 12.5 Å². The number of benzene rings is 2. The monoisotopic (exact) mass is 278 g/mol. The maximum Gasteiger partial charge on any atom is 0.130 e. The molecule has 0 radical (unpaired) electrons. The first kappa shape index (κ1) is 13.6. The van der Waals surface area contributed by atoms with E-state index in [0.717, 1.165) is 34.4 Å². The minimum Gasteiger partial charge on any atom is -0.457 e. The number of aromatic nitrogens is 1. The van der Waals surface area contributed by atoms with Crippen molar-refractivity contribution in [1.29, 1.82) is 0 Å². The summed E-state index contributed by atoms with van der Waals surface area (Å²) in [5.41, 5.74) is 7.94. The molecule has 21 heavy (non-hydrogen) atoms. The summed E-state index contributed by atoms with van der Waals surface area (Å²) < 4.78 is 6.02. The van der Waals surface area contributed by atoms with Crippen LogP contribution in [0.4, 0.5) is 0 Å². The van der Waals surface area contributed by atoms with Gasteiger partial charge in [-0.05, 0) is 43.2 Å². The largest absolute Gasteiger partial charge is 0.457 e. The van der Waals surface area contributed by atoms with E-state index in [1.165, 1.54) is 0 Å². The second kappa shape index (κ2) is 5.94. The van der Waals surface area contributed by atoms with Crippen molar-refractivity contribution in [2.75, 3.05) is 0 Å². The molecule has 1 heterocycles. The van der Waals surface area contributed by atoms with Crippen molar-refractivity contribution in [3.05, 3.63) is 66.4 Å². The Bertz CT molecular complexity index is 753. The maximum absolute atomic E-state index is 6.02. The summed E-state index contributed by atoms with van der Waals surface area (Å²) in [4.78, 5) is 4.35. The number of ether oxygens (including phenoxy) is 1. The topological polar surface area (TPSA) is 48.1 Å². The van der Waals surface area contributed by atoms with Gasteiger partial charge in [-0.1, -0.05) is 24.3 Å². The zero-order chi connectivity index (χ0) is 14.7. The van der Waals surface area contributed by atoms with Crippen molar-refractivity contribution in [3.63, 3.8) is 0 Å². The van der Waals surface area contributed by atoms with Gasteiger partial charge in [0.25, 0.3) is 0 Å². The number of nitrogens with zero attached hydrogens (tertiary/aromatic N) is 1. The van der Waals surface area contributed by atoms with Gasteiger partial charge in [0, 0.05) is 23.7 Å². The molecule has 2 N–H and O–H groups in total. The first-order valence-corrected chi connectivity index (χ1v) is 7.08. The lowest BCUT2D eigenvalue weighted by molar-refractivity contribution is 0.474. The molecule has 0 aliphatic rings. The van der Waals surface area contributed by atoms with E-state index < -0.39 is 0 Å². The number of rotatable bonds is 4. The van der Waals surface area contributed by atoms with Gasteiger partial charge in [-0.15, -0.1) is 0 Å². The second-order valence-electron chi connectivity index (χ2n) is 5.25. The molecule has 3 rings (SSSR count). The van der Waals surface area contributed by atoms with Gasteiger partial charge >= 0.3 is 0 Å². The summed E-state index contributed by atoms with van der Waals surface area (Å²) in [5, 5.41) is 1.11. The summed E-state index contributed by atoms with van der Waals surface area (Å²) in [6.45, 7) is 2.00. The number of nitrogens with two attached hydrogens (primary N) is 1. The summed E-state index contributed by atoms with van der Waals surface area (Å²) in [7, 11) is 0. The lowest BCUT2D eigenvalue weighted by Crippen LogP contribution is -2.18. The van der Waals surface area contributed by atoms with Crippen molar-refractivity contribution in [3.8, 4) is 11.5 Å². The third kappa shape index (κ3) is 3.20. The number of pyridine rings is 1. The lowest BCUT2D eigenvalue weighted by Gasteiger charge is -2.13. The van der Waals surface area contributed by atoms with Crippen molar-refractivity contribution in [2.24, 2.45) is 5.73 Å². The first-order valence-electron chi connectivity index (χ1n) is 7.08. The van der Waals surface area contributed by atoms with Gasteiger partial charge in [0.2, 0.25) is 0 Å². The summed E-state index contributed by atoms with van der Waals surface area (Å²) >= 11 is 0. The normalized spacial score (nSPS) is 12.3. The van der Waals surface area contributed by atoms with Crippen LogP contribution >= 0.6 is 0 Å². The van der Waals surface area contributed by atoms with Crippen LogP contribution in [0.3, 0.4) is 0 Å². The SMILES string of the molecule is CC(N)Cc1ccccc1Oc1ccc2cccnc2c1. The zero-order valence-corrected chi connectivity index (χ0v) is 12.0. The van der Waals surface area contributed by atoms with Crippen LogP contribution in [0.15, 0.2) is 60.8 Å². The third-order valence-corrected chi connectivity index (χ3v) is 3.32. The van der Waals surface area contributed by atoms with Gasteiger partial charge in [-0.2, -0.15) is 0 Å². The fourth-order valence-corrected chi connectivity index (χ4v) is 2.36. The predicted molar refractivity (Wildman–Crippen MR) is 85.6 cm³/mol. The molecule has 0 saturated heterocycles. The Balaban J connectivity index is 1.91. The molecule has 3 aromatic rings. The Morgan fingerprint density at radius 1 is 1.10 bits per heavy atom.